The van der Waals surface area contributed by atoms with Gasteiger partial charge in [0.25, 0.3) is 5.91 Å². The van der Waals surface area contributed by atoms with Crippen molar-refractivity contribution in [3.8, 4) is 11.5 Å². The number of carbonyl (C=O) groups excluding carboxylic acids is 1. The second-order valence-corrected chi connectivity index (χ2v) is 8.83. The molecule has 0 saturated carbocycles. The highest BCUT2D eigenvalue weighted by atomic mass is 16.7. The first-order chi connectivity index (χ1) is 14.1. The van der Waals surface area contributed by atoms with Gasteiger partial charge in [-0.25, -0.2) is 0 Å². The van der Waals surface area contributed by atoms with Gasteiger partial charge in [0.1, 0.15) is 0 Å². The summed E-state index contributed by atoms with van der Waals surface area (Å²) in [6.45, 7) is 5.23. The van der Waals surface area contributed by atoms with Crippen molar-refractivity contribution in [3.05, 3.63) is 41.2 Å². The molecule has 1 amide bonds. The zero-order valence-electron chi connectivity index (χ0n) is 16.9. The van der Waals surface area contributed by atoms with Crippen LogP contribution in [0.5, 0.6) is 11.5 Å². The van der Waals surface area contributed by atoms with Crippen molar-refractivity contribution in [1.82, 2.24) is 19.6 Å². The van der Waals surface area contributed by atoms with Gasteiger partial charge in [-0.15, -0.1) is 0 Å². The van der Waals surface area contributed by atoms with Crippen molar-refractivity contribution >= 4 is 5.91 Å². The second kappa shape index (κ2) is 6.23. The van der Waals surface area contributed by atoms with Crippen LogP contribution in [-0.2, 0) is 7.05 Å². The Balaban J connectivity index is 1.39. The Morgan fingerprint density at radius 3 is 2.69 bits per heavy atom. The van der Waals surface area contributed by atoms with Crippen LogP contribution < -0.4 is 9.47 Å². The summed E-state index contributed by atoms with van der Waals surface area (Å²) in [6, 6.07) is 6.95. The van der Waals surface area contributed by atoms with E-state index in [1.54, 1.807) is 4.68 Å². The number of benzene rings is 1. The number of aromatic nitrogens is 2. The first kappa shape index (κ1) is 17.3. The van der Waals surface area contributed by atoms with E-state index in [0.29, 0.717) is 17.9 Å². The number of amides is 1. The van der Waals surface area contributed by atoms with E-state index in [1.807, 2.05) is 26.2 Å². The maximum Gasteiger partial charge on any atom is 0.257 e. The molecule has 5 aliphatic rings. The molecule has 7 heteroatoms. The van der Waals surface area contributed by atoms with Crippen molar-refractivity contribution in [2.75, 3.05) is 26.4 Å². The van der Waals surface area contributed by atoms with Gasteiger partial charge in [0.2, 0.25) is 6.79 Å². The van der Waals surface area contributed by atoms with E-state index in [9.17, 15) is 4.79 Å². The minimum Gasteiger partial charge on any atom is -0.454 e. The lowest BCUT2D eigenvalue weighted by atomic mass is 9.75. The van der Waals surface area contributed by atoms with E-state index in [0.717, 1.165) is 42.4 Å². The Morgan fingerprint density at radius 1 is 1.14 bits per heavy atom. The molecule has 1 aromatic carbocycles. The van der Waals surface area contributed by atoms with Crippen molar-refractivity contribution in [1.29, 1.82) is 0 Å². The van der Waals surface area contributed by atoms with Crippen molar-refractivity contribution in [2.45, 2.75) is 37.8 Å². The summed E-state index contributed by atoms with van der Waals surface area (Å²) in [6.07, 6.45) is 4.23. The molecule has 152 valence electrons. The molecular weight excluding hydrogens is 368 g/mol. The standard InChI is InChI=1S/C22H26N4O3/c1-13-16(10-24(2)23-13)22(27)26-11-17(15-3-4-18-19(9-15)29-12-28-18)21-20(26)14-5-7-25(21)8-6-14/h3-4,9-10,14,17,20-21H,5-8,11-12H2,1-2H3/t17-,20+,21+/m1/s1. The second-order valence-electron chi connectivity index (χ2n) is 8.83. The van der Waals surface area contributed by atoms with Gasteiger partial charge in [-0.1, -0.05) is 6.07 Å². The molecule has 0 spiro atoms. The highest BCUT2D eigenvalue weighted by Gasteiger charge is 2.55. The largest absolute Gasteiger partial charge is 0.454 e. The van der Waals surface area contributed by atoms with Gasteiger partial charge in [0, 0.05) is 31.7 Å². The van der Waals surface area contributed by atoms with Gasteiger partial charge in [0.15, 0.2) is 11.5 Å². The van der Waals surface area contributed by atoms with E-state index >= 15 is 0 Å². The highest BCUT2D eigenvalue weighted by molar-refractivity contribution is 5.95. The maximum absolute atomic E-state index is 13.6. The van der Waals surface area contributed by atoms with E-state index in [-0.39, 0.29) is 18.7 Å². The Hall–Kier alpha value is -2.54. The number of aryl methyl sites for hydroxylation is 2. The topological polar surface area (TPSA) is 59.8 Å². The predicted molar refractivity (Wildman–Crippen MR) is 106 cm³/mol. The predicted octanol–water partition coefficient (Wildman–Crippen LogP) is 2.16. The highest BCUT2D eigenvalue weighted by Crippen LogP contribution is 2.48. The number of nitrogens with zero attached hydrogens (tertiary/aromatic N) is 4. The summed E-state index contributed by atoms with van der Waals surface area (Å²) in [7, 11) is 1.88. The average Bonchev–Trinajstić information content (AvgIpc) is 3.44. The molecule has 0 unspecified atom stereocenters. The molecule has 1 aromatic heterocycles. The number of rotatable bonds is 2. The van der Waals surface area contributed by atoms with Crippen LogP contribution in [0, 0.1) is 12.8 Å². The molecule has 4 saturated heterocycles. The average molecular weight is 394 g/mol. The molecular formula is C22H26N4O3. The fourth-order valence-electron chi connectivity index (χ4n) is 6.06. The zero-order valence-corrected chi connectivity index (χ0v) is 16.9. The molecule has 0 radical (unpaired) electrons. The monoisotopic (exact) mass is 394 g/mol. The maximum atomic E-state index is 13.6. The first-order valence-electron chi connectivity index (χ1n) is 10.5. The van der Waals surface area contributed by atoms with Crippen molar-refractivity contribution in [3.63, 3.8) is 0 Å². The summed E-state index contributed by atoms with van der Waals surface area (Å²) < 4.78 is 12.9. The molecule has 0 N–H and O–H groups in total. The minimum absolute atomic E-state index is 0.127. The Morgan fingerprint density at radius 2 is 1.93 bits per heavy atom. The van der Waals surface area contributed by atoms with Crippen LogP contribution in [0.15, 0.2) is 24.4 Å². The number of piperidine rings is 3. The summed E-state index contributed by atoms with van der Waals surface area (Å²) in [4.78, 5) is 18.4. The van der Waals surface area contributed by atoms with Crippen LogP contribution in [0.3, 0.4) is 0 Å². The van der Waals surface area contributed by atoms with E-state index < -0.39 is 0 Å². The Labute approximate surface area is 170 Å². The number of fused-ring (bicyclic) bond motifs is 3. The summed E-state index contributed by atoms with van der Waals surface area (Å²) >= 11 is 0. The zero-order chi connectivity index (χ0) is 19.7. The lowest BCUT2D eigenvalue weighted by Gasteiger charge is -2.51. The van der Waals surface area contributed by atoms with Crippen LogP contribution >= 0.6 is 0 Å². The third-order valence-electron chi connectivity index (χ3n) is 7.32. The van der Waals surface area contributed by atoms with Gasteiger partial charge < -0.3 is 14.4 Å². The fraction of sp³-hybridized carbons (Fsp3) is 0.545. The minimum atomic E-state index is 0.127. The van der Waals surface area contributed by atoms with Crippen LogP contribution in [0.25, 0.3) is 0 Å². The number of hydrogen-bond donors (Lipinski definition) is 0. The molecule has 4 fully saturated rings. The Bertz CT molecular complexity index is 978. The van der Waals surface area contributed by atoms with Gasteiger partial charge in [-0.3, -0.25) is 14.4 Å². The number of carbonyl (C=O) groups is 1. The van der Waals surface area contributed by atoms with Crippen molar-refractivity contribution in [2.24, 2.45) is 13.0 Å². The molecule has 29 heavy (non-hydrogen) atoms. The third-order valence-corrected chi connectivity index (χ3v) is 7.32. The molecule has 5 aliphatic heterocycles. The van der Waals surface area contributed by atoms with Crippen LogP contribution in [0.1, 0.15) is 40.4 Å². The van der Waals surface area contributed by atoms with Gasteiger partial charge >= 0.3 is 0 Å². The van der Waals surface area contributed by atoms with E-state index in [1.165, 1.54) is 18.4 Å². The third kappa shape index (κ3) is 2.53. The summed E-state index contributed by atoms with van der Waals surface area (Å²) in [5, 5.41) is 4.40. The van der Waals surface area contributed by atoms with Crippen LogP contribution in [0.2, 0.25) is 0 Å². The van der Waals surface area contributed by atoms with Crippen LogP contribution in [-0.4, -0.2) is 64.0 Å². The molecule has 2 bridgehead atoms. The van der Waals surface area contributed by atoms with E-state index in [4.69, 9.17) is 9.47 Å². The molecule has 0 aliphatic carbocycles. The molecule has 7 rings (SSSR count). The molecule has 6 heterocycles. The SMILES string of the molecule is Cc1nn(C)cc1C(=O)N1C[C@H](c2ccc3c(c2)OCO3)[C@H]2[C@@H]1C1CCN2CC1. The molecule has 2 aromatic rings. The summed E-state index contributed by atoms with van der Waals surface area (Å²) in [5.74, 6) is 2.64. The smallest absolute Gasteiger partial charge is 0.257 e. The van der Waals surface area contributed by atoms with Gasteiger partial charge in [-0.05, 0) is 56.5 Å². The Kier molecular flexibility index (Phi) is 3.72. The summed E-state index contributed by atoms with van der Waals surface area (Å²) in [5.41, 5.74) is 2.78. The van der Waals surface area contributed by atoms with Gasteiger partial charge in [0.05, 0.1) is 17.3 Å². The lowest BCUT2D eigenvalue weighted by molar-refractivity contribution is -0.00344. The lowest BCUT2D eigenvalue weighted by Crippen LogP contribution is -2.60. The van der Waals surface area contributed by atoms with Gasteiger partial charge in [-0.2, -0.15) is 5.10 Å². The van der Waals surface area contributed by atoms with E-state index in [2.05, 4.69) is 27.0 Å². The fourth-order valence-corrected chi connectivity index (χ4v) is 6.06. The van der Waals surface area contributed by atoms with Crippen LogP contribution in [0.4, 0.5) is 0 Å². The quantitative estimate of drug-likeness (QED) is 0.781. The molecule has 3 atom stereocenters. The number of likely N-dealkylation sites (tertiary alicyclic amines) is 1. The first-order valence-corrected chi connectivity index (χ1v) is 10.5. The number of hydrogen-bond acceptors (Lipinski definition) is 5. The normalized spacial score (nSPS) is 31.9. The van der Waals surface area contributed by atoms with Crippen molar-refractivity contribution < 1.29 is 14.3 Å². The number of ether oxygens (including phenoxy) is 2. The molecule has 7 nitrogen and oxygen atoms in total.